The number of hydrogen-bond donors (Lipinski definition) is 2. The van der Waals surface area contributed by atoms with Crippen molar-refractivity contribution in [1.82, 2.24) is 0 Å². The van der Waals surface area contributed by atoms with Crippen LogP contribution < -0.4 is 0 Å². The maximum Gasteiger partial charge on any atom is 0.267 e. The maximum atomic E-state index is 12.5. The normalized spacial score (nSPS) is 11.4. The van der Waals surface area contributed by atoms with E-state index in [2.05, 4.69) is 0 Å². The van der Waals surface area contributed by atoms with Crippen LogP contribution in [0.3, 0.4) is 0 Å². The first kappa shape index (κ1) is 11.9. The van der Waals surface area contributed by atoms with Crippen LogP contribution in [0, 0.1) is 0 Å². The van der Waals surface area contributed by atoms with Crippen molar-refractivity contribution in [2.24, 2.45) is 0 Å². The summed E-state index contributed by atoms with van der Waals surface area (Å²) < 4.78 is 25.1. The van der Waals surface area contributed by atoms with Crippen molar-refractivity contribution in [3.8, 4) is 5.75 Å². The number of rotatable bonds is 3. The Morgan fingerprint density at radius 2 is 1.87 bits per heavy atom. The molecule has 0 radical (unpaired) electrons. The van der Waals surface area contributed by atoms with Crippen molar-refractivity contribution in [2.45, 2.75) is 32.8 Å². The highest BCUT2D eigenvalue weighted by Crippen LogP contribution is 2.34. The molecule has 0 saturated heterocycles. The topological polar surface area (TPSA) is 40.5 Å². The van der Waals surface area contributed by atoms with Gasteiger partial charge in [0.1, 0.15) is 5.75 Å². The average molecular weight is 216 g/mol. The molecule has 0 atom stereocenters. The Morgan fingerprint density at radius 1 is 1.27 bits per heavy atom. The molecule has 15 heavy (non-hydrogen) atoms. The van der Waals surface area contributed by atoms with E-state index in [1.165, 1.54) is 6.07 Å². The summed E-state index contributed by atoms with van der Waals surface area (Å²) in [5.74, 6) is -0.426. The first-order chi connectivity index (χ1) is 6.97. The van der Waals surface area contributed by atoms with Gasteiger partial charge in [-0.15, -0.1) is 0 Å². The SMILES string of the molecule is CC(C)c1cc(CO)c(O)c(C(F)F)c1. The van der Waals surface area contributed by atoms with Gasteiger partial charge in [0.15, 0.2) is 0 Å². The number of hydrogen-bond acceptors (Lipinski definition) is 2. The minimum Gasteiger partial charge on any atom is -0.507 e. The molecular formula is C11H14F2O2. The van der Waals surface area contributed by atoms with Gasteiger partial charge in [-0.2, -0.15) is 0 Å². The fourth-order valence-corrected chi connectivity index (χ4v) is 1.36. The molecular weight excluding hydrogens is 202 g/mol. The van der Waals surface area contributed by atoms with E-state index in [0.29, 0.717) is 5.56 Å². The molecule has 0 aliphatic heterocycles. The van der Waals surface area contributed by atoms with Crippen LogP contribution in [0.1, 0.15) is 42.9 Å². The van der Waals surface area contributed by atoms with E-state index in [-0.39, 0.29) is 11.5 Å². The van der Waals surface area contributed by atoms with Crippen molar-refractivity contribution in [3.63, 3.8) is 0 Å². The smallest absolute Gasteiger partial charge is 0.267 e. The van der Waals surface area contributed by atoms with E-state index in [1.807, 2.05) is 13.8 Å². The number of aliphatic hydroxyl groups is 1. The van der Waals surface area contributed by atoms with Crippen molar-refractivity contribution < 1.29 is 19.0 Å². The monoisotopic (exact) mass is 216 g/mol. The van der Waals surface area contributed by atoms with Crippen LogP contribution in [0.5, 0.6) is 5.75 Å². The van der Waals surface area contributed by atoms with Crippen molar-refractivity contribution in [2.75, 3.05) is 0 Å². The van der Waals surface area contributed by atoms with Crippen LogP contribution in [-0.4, -0.2) is 10.2 Å². The Bertz CT molecular complexity index is 349. The van der Waals surface area contributed by atoms with Gasteiger partial charge in [0.05, 0.1) is 12.2 Å². The Hall–Kier alpha value is -1.16. The molecule has 1 rings (SSSR count). The average Bonchev–Trinajstić information content (AvgIpc) is 2.17. The lowest BCUT2D eigenvalue weighted by Gasteiger charge is -2.13. The summed E-state index contributed by atoms with van der Waals surface area (Å²) in [5.41, 5.74) is 0.425. The molecule has 1 aromatic carbocycles. The predicted octanol–water partition coefficient (Wildman–Crippen LogP) is 2.95. The minimum atomic E-state index is -2.73. The molecule has 0 saturated carbocycles. The third-order valence-corrected chi connectivity index (χ3v) is 2.31. The van der Waals surface area contributed by atoms with Crippen molar-refractivity contribution >= 4 is 0 Å². The fourth-order valence-electron chi connectivity index (χ4n) is 1.36. The standard InChI is InChI=1S/C11H14F2O2/c1-6(2)7-3-8(5-14)10(15)9(4-7)11(12)13/h3-4,6,11,14-15H,5H2,1-2H3. The predicted molar refractivity (Wildman–Crippen MR) is 53.1 cm³/mol. The molecule has 1 aromatic rings. The van der Waals surface area contributed by atoms with E-state index in [0.717, 1.165) is 0 Å². The quantitative estimate of drug-likeness (QED) is 0.815. The van der Waals surface area contributed by atoms with Crippen LogP contribution >= 0.6 is 0 Å². The second kappa shape index (κ2) is 4.57. The van der Waals surface area contributed by atoms with Crippen molar-refractivity contribution in [1.29, 1.82) is 0 Å². The van der Waals surface area contributed by atoms with Gasteiger partial charge in [0.2, 0.25) is 0 Å². The van der Waals surface area contributed by atoms with Gasteiger partial charge >= 0.3 is 0 Å². The summed E-state index contributed by atoms with van der Waals surface area (Å²) >= 11 is 0. The zero-order chi connectivity index (χ0) is 11.6. The number of aromatic hydroxyl groups is 1. The van der Waals surface area contributed by atoms with Crippen LogP contribution in [0.15, 0.2) is 12.1 Å². The van der Waals surface area contributed by atoms with Crippen LogP contribution in [0.4, 0.5) is 8.78 Å². The minimum absolute atomic E-state index is 0.0772. The molecule has 84 valence electrons. The molecule has 4 heteroatoms. The van der Waals surface area contributed by atoms with Crippen molar-refractivity contribution in [3.05, 3.63) is 28.8 Å². The summed E-state index contributed by atoms with van der Waals surface area (Å²) in [6.45, 7) is 3.29. The highest BCUT2D eigenvalue weighted by atomic mass is 19.3. The van der Waals surface area contributed by atoms with E-state index >= 15 is 0 Å². The van der Waals surface area contributed by atoms with Gasteiger partial charge in [-0.05, 0) is 23.6 Å². The van der Waals surface area contributed by atoms with Gasteiger partial charge in [-0.1, -0.05) is 13.8 Å². The first-order valence-corrected chi connectivity index (χ1v) is 4.72. The molecule has 0 amide bonds. The second-order valence-electron chi connectivity index (χ2n) is 3.73. The number of alkyl halides is 2. The highest BCUT2D eigenvalue weighted by Gasteiger charge is 2.17. The molecule has 0 bridgehead atoms. The van der Waals surface area contributed by atoms with Crippen LogP contribution in [-0.2, 0) is 6.61 Å². The lowest BCUT2D eigenvalue weighted by molar-refractivity contribution is 0.146. The zero-order valence-electron chi connectivity index (χ0n) is 8.67. The van der Waals surface area contributed by atoms with Gasteiger partial charge in [-0.3, -0.25) is 0 Å². The van der Waals surface area contributed by atoms with Gasteiger partial charge in [0, 0.05) is 5.56 Å². The van der Waals surface area contributed by atoms with E-state index in [4.69, 9.17) is 5.11 Å². The molecule has 2 N–H and O–H groups in total. The molecule has 0 heterocycles. The summed E-state index contributed by atoms with van der Waals surface area (Å²) in [7, 11) is 0. The zero-order valence-corrected chi connectivity index (χ0v) is 8.67. The third-order valence-electron chi connectivity index (χ3n) is 2.31. The van der Waals surface area contributed by atoms with Gasteiger partial charge < -0.3 is 10.2 Å². The Balaban J connectivity index is 3.32. The molecule has 0 aromatic heterocycles. The second-order valence-corrected chi connectivity index (χ2v) is 3.73. The van der Waals surface area contributed by atoms with E-state index in [9.17, 15) is 13.9 Å². The molecule has 2 nitrogen and oxygen atoms in total. The van der Waals surface area contributed by atoms with Gasteiger partial charge in [-0.25, -0.2) is 8.78 Å². The number of phenols is 1. The molecule has 0 spiro atoms. The number of benzene rings is 1. The summed E-state index contributed by atoms with van der Waals surface area (Å²) in [5, 5.41) is 18.4. The summed E-state index contributed by atoms with van der Waals surface area (Å²) in [6, 6.07) is 2.83. The fraction of sp³-hybridized carbons (Fsp3) is 0.455. The highest BCUT2D eigenvalue weighted by molar-refractivity contribution is 5.45. The van der Waals surface area contributed by atoms with E-state index < -0.39 is 24.3 Å². The summed E-state index contributed by atoms with van der Waals surface area (Å²) in [4.78, 5) is 0. The largest absolute Gasteiger partial charge is 0.507 e. The Kier molecular flexibility index (Phi) is 3.63. The van der Waals surface area contributed by atoms with E-state index in [1.54, 1.807) is 6.07 Å². The third kappa shape index (κ3) is 2.45. The Labute approximate surface area is 87.2 Å². The summed E-state index contributed by atoms with van der Waals surface area (Å²) in [6.07, 6.45) is -2.73. The van der Waals surface area contributed by atoms with Gasteiger partial charge in [0.25, 0.3) is 6.43 Å². The van der Waals surface area contributed by atoms with Crippen LogP contribution in [0.25, 0.3) is 0 Å². The number of halogens is 2. The molecule has 0 unspecified atom stereocenters. The maximum absolute atomic E-state index is 12.5. The molecule has 0 aliphatic rings. The lowest BCUT2D eigenvalue weighted by Crippen LogP contribution is -1.97. The Morgan fingerprint density at radius 3 is 2.27 bits per heavy atom. The van der Waals surface area contributed by atoms with Crippen LogP contribution in [0.2, 0.25) is 0 Å². The molecule has 0 aliphatic carbocycles. The number of aliphatic hydroxyl groups excluding tert-OH is 1. The molecule has 0 fully saturated rings. The lowest BCUT2D eigenvalue weighted by atomic mass is 9.97. The first-order valence-electron chi connectivity index (χ1n) is 4.72.